The fourth-order valence-electron chi connectivity index (χ4n) is 1.58. The number of hydrogen-bond donors (Lipinski definition) is 2. The SMILES string of the molecule is Cc1cc2[nH]c(=O)n(CC(=O)O)c2cc1F. The van der Waals surface area contributed by atoms with Gasteiger partial charge in [0.2, 0.25) is 0 Å². The highest BCUT2D eigenvalue weighted by atomic mass is 19.1. The number of rotatable bonds is 2. The Kier molecular flexibility index (Phi) is 2.26. The average Bonchev–Trinajstić information content (AvgIpc) is 2.45. The number of aliphatic carboxylic acids is 1. The van der Waals surface area contributed by atoms with Crippen molar-refractivity contribution in [1.29, 1.82) is 0 Å². The number of carboxylic acid groups (broad SMARTS) is 1. The predicted octanol–water partition coefficient (Wildman–Crippen LogP) is 0.862. The summed E-state index contributed by atoms with van der Waals surface area (Å²) >= 11 is 0. The number of nitrogens with zero attached hydrogens (tertiary/aromatic N) is 1. The lowest BCUT2D eigenvalue weighted by atomic mass is 10.2. The van der Waals surface area contributed by atoms with E-state index in [-0.39, 0.29) is 5.52 Å². The van der Waals surface area contributed by atoms with Crippen molar-refractivity contribution in [3.05, 3.63) is 34.0 Å². The van der Waals surface area contributed by atoms with Crippen LogP contribution in [0.5, 0.6) is 0 Å². The Hall–Kier alpha value is -2.11. The molecule has 2 rings (SSSR count). The third kappa shape index (κ3) is 1.58. The number of nitrogens with one attached hydrogen (secondary N) is 1. The van der Waals surface area contributed by atoms with E-state index >= 15 is 0 Å². The second-order valence-corrected chi connectivity index (χ2v) is 3.53. The Morgan fingerprint density at radius 3 is 2.88 bits per heavy atom. The van der Waals surface area contributed by atoms with Crippen molar-refractivity contribution in [3.8, 4) is 0 Å². The summed E-state index contributed by atoms with van der Waals surface area (Å²) < 4.78 is 14.3. The van der Waals surface area contributed by atoms with Gasteiger partial charge >= 0.3 is 11.7 Å². The van der Waals surface area contributed by atoms with E-state index in [1.165, 1.54) is 6.07 Å². The highest BCUT2D eigenvalue weighted by Crippen LogP contribution is 2.15. The van der Waals surface area contributed by atoms with Gasteiger partial charge in [0.05, 0.1) is 11.0 Å². The fraction of sp³-hybridized carbons (Fsp3) is 0.200. The van der Waals surface area contributed by atoms with E-state index in [1.807, 2.05) is 0 Å². The van der Waals surface area contributed by atoms with Crippen LogP contribution in [0.15, 0.2) is 16.9 Å². The number of hydrogen-bond acceptors (Lipinski definition) is 2. The molecule has 1 heterocycles. The largest absolute Gasteiger partial charge is 0.480 e. The molecule has 5 nitrogen and oxygen atoms in total. The molecule has 0 fully saturated rings. The maximum absolute atomic E-state index is 13.3. The van der Waals surface area contributed by atoms with Gasteiger partial charge in [0, 0.05) is 6.07 Å². The lowest BCUT2D eigenvalue weighted by Crippen LogP contribution is -2.21. The Bertz CT molecular complexity index is 627. The Labute approximate surface area is 89.1 Å². The van der Waals surface area contributed by atoms with E-state index < -0.39 is 24.0 Å². The lowest BCUT2D eigenvalue weighted by Gasteiger charge is -2.00. The fourth-order valence-corrected chi connectivity index (χ4v) is 1.58. The van der Waals surface area contributed by atoms with E-state index in [2.05, 4.69) is 4.98 Å². The zero-order chi connectivity index (χ0) is 11.9. The van der Waals surface area contributed by atoms with Crippen LogP contribution in [0.2, 0.25) is 0 Å². The second-order valence-electron chi connectivity index (χ2n) is 3.53. The minimum absolute atomic E-state index is 0.260. The predicted molar refractivity (Wildman–Crippen MR) is 54.9 cm³/mol. The Morgan fingerprint density at radius 1 is 1.56 bits per heavy atom. The van der Waals surface area contributed by atoms with E-state index in [0.29, 0.717) is 11.1 Å². The Morgan fingerprint density at radius 2 is 2.25 bits per heavy atom. The maximum atomic E-state index is 13.3. The number of aromatic nitrogens is 2. The van der Waals surface area contributed by atoms with Crippen LogP contribution >= 0.6 is 0 Å². The van der Waals surface area contributed by atoms with Crippen molar-refractivity contribution in [2.24, 2.45) is 0 Å². The van der Waals surface area contributed by atoms with Crippen LogP contribution in [0, 0.1) is 12.7 Å². The molecule has 0 bridgehead atoms. The van der Waals surface area contributed by atoms with Crippen LogP contribution < -0.4 is 5.69 Å². The molecular weight excluding hydrogens is 215 g/mol. The highest BCUT2D eigenvalue weighted by molar-refractivity contribution is 5.78. The van der Waals surface area contributed by atoms with Gasteiger partial charge in [-0.15, -0.1) is 0 Å². The number of fused-ring (bicyclic) bond motifs is 1. The van der Waals surface area contributed by atoms with Crippen molar-refractivity contribution in [3.63, 3.8) is 0 Å². The minimum atomic E-state index is -1.15. The number of benzene rings is 1. The first-order valence-electron chi connectivity index (χ1n) is 4.59. The number of aryl methyl sites for hydroxylation is 1. The standard InChI is InChI=1S/C10H9FN2O3/c1-5-2-7-8(3-6(5)11)13(4-9(14)15)10(16)12-7/h2-3H,4H2,1H3,(H,12,16)(H,14,15). The first-order valence-corrected chi connectivity index (χ1v) is 4.59. The summed E-state index contributed by atoms with van der Waals surface area (Å²) in [6, 6.07) is 2.63. The van der Waals surface area contributed by atoms with Crippen molar-refractivity contribution in [1.82, 2.24) is 9.55 Å². The smallest absolute Gasteiger partial charge is 0.327 e. The van der Waals surface area contributed by atoms with Crippen molar-refractivity contribution >= 4 is 17.0 Å². The molecule has 0 saturated heterocycles. The molecule has 16 heavy (non-hydrogen) atoms. The number of H-pyrrole nitrogens is 1. The zero-order valence-corrected chi connectivity index (χ0v) is 8.45. The van der Waals surface area contributed by atoms with Crippen LogP contribution in [-0.4, -0.2) is 20.6 Å². The quantitative estimate of drug-likeness (QED) is 0.794. The summed E-state index contributed by atoms with van der Waals surface area (Å²) in [7, 11) is 0. The first-order chi connectivity index (χ1) is 7.49. The van der Waals surface area contributed by atoms with Gasteiger partial charge in [0.25, 0.3) is 0 Å². The summed E-state index contributed by atoms with van der Waals surface area (Å²) in [4.78, 5) is 24.4. The van der Waals surface area contributed by atoms with Crippen LogP contribution in [0.4, 0.5) is 4.39 Å². The van der Waals surface area contributed by atoms with Crippen molar-refractivity contribution in [2.45, 2.75) is 13.5 Å². The molecule has 2 aromatic rings. The summed E-state index contributed by atoms with van der Waals surface area (Å²) in [5.74, 6) is -1.62. The van der Waals surface area contributed by atoms with Crippen LogP contribution in [-0.2, 0) is 11.3 Å². The normalized spacial score (nSPS) is 10.9. The maximum Gasteiger partial charge on any atom is 0.327 e. The van der Waals surface area contributed by atoms with Gasteiger partial charge in [-0.3, -0.25) is 9.36 Å². The van der Waals surface area contributed by atoms with Gasteiger partial charge < -0.3 is 10.1 Å². The average molecular weight is 224 g/mol. The molecule has 0 spiro atoms. The van der Waals surface area contributed by atoms with Gasteiger partial charge in [-0.25, -0.2) is 9.18 Å². The Balaban J connectivity index is 2.74. The highest BCUT2D eigenvalue weighted by Gasteiger charge is 2.11. The van der Waals surface area contributed by atoms with Crippen LogP contribution in [0.25, 0.3) is 11.0 Å². The van der Waals surface area contributed by atoms with Crippen LogP contribution in [0.1, 0.15) is 5.56 Å². The number of carboxylic acids is 1. The molecule has 2 N–H and O–H groups in total. The summed E-state index contributed by atoms with van der Waals surface area (Å²) in [6.45, 7) is 1.09. The van der Waals surface area contributed by atoms with Gasteiger partial charge in [0.1, 0.15) is 12.4 Å². The molecule has 0 saturated carbocycles. The molecule has 0 aliphatic heterocycles. The van der Waals surface area contributed by atoms with Gasteiger partial charge in [-0.1, -0.05) is 0 Å². The molecule has 0 aliphatic carbocycles. The summed E-state index contributed by atoms with van der Waals surface area (Å²) in [6.07, 6.45) is 0. The lowest BCUT2D eigenvalue weighted by molar-refractivity contribution is -0.137. The van der Waals surface area contributed by atoms with Gasteiger partial charge in [-0.2, -0.15) is 0 Å². The van der Waals surface area contributed by atoms with Crippen molar-refractivity contribution < 1.29 is 14.3 Å². The molecule has 0 radical (unpaired) electrons. The van der Waals surface area contributed by atoms with E-state index in [0.717, 1.165) is 10.6 Å². The molecule has 0 atom stereocenters. The number of carbonyl (C=O) groups is 1. The molecule has 6 heteroatoms. The molecular formula is C10H9FN2O3. The third-order valence-electron chi connectivity index (χ3n) is 2.35. The zero-order valence-electron chi connectivity index (χ0n) is 8.45. The molecule has 1 aromatic heterocycles. The number of aromatic amines is 1. The third-order valence-corrected chi connectivity index (χ3v) is 2.35. The number of imidazole rings is 1. The van der Waals surface area contributed by atoms with E-state index in [1.54, 1.807) is 6.92 Å². The summed E-state index contributed by atoms with van der Waals surface area (Å²) in [5, 5.41) is 8.63. The molecule has 0 unspecified atom stereocenters. The molecule has 0 amide bonds. The van der Waals surface area contributed by atoms with Gasteiger partial charge in [-0.05, 0) is 18.6 Å². The number of halogens is 1. The second kappa shape index (κ2) is 3.48. The first kappa shape index (κ1) is 10.4. The van der Waals surface area contributed by atoms with Gasteiger partial charge in [0.15, 0.2) is 0 Å². The van der Waals surface area contributed by atoms with E-state index in [9.17, 15) is 14.0 Å². The summed E-state index contributed by atoms with van der Waals surface area (Å²) in [5.41, 5.74) is 0.541. The van der Waals surface area contributed by atoms with Crippen molar-refractivity contribution in [2.75, 3.05) is 0 Å². The molecule has 0 aliphatic rings. The topological polar surface area (TPSA) is 75.1 Å². The molecule has 84 valence electrons. The van der Waals surface area contributed by atoms with E-state index in [4.69, 9.17) is 5.11 Å². The minimum Gasteiger partial charge on any atom is -0.480 e. The molecule has 1 aromatic carbocycles. The van der Waals surface area contributed by atoms with Crippen LogP contribution in [0.3, 0.4) is 0 Å². The monoisotopic (exact) mass is 224 g/mol.